The second kappa shape index (κ2) is 3.41. The molecule has 0 aromatic carbocycles. The molecule has 1 aliphatic carbocycles. The van der Waals surface area contributed by atoms with Crippen molar-refractivity contribution in [1.82, 2.24) is 4.90 Å². The summed E-state index contributed by atoms with van der Waals surface area (Å²) in [6.45, 7) is 7.15. The van der Waals surface area contributed by atoms with Crippen molar-refractivity contribution in [2.24, 2.45) is 17.8 Å². The summed E-state index contributed by atoms with van der Waals surface area (Å²) in [5.74, 6) is 2.18. The molecule has 78 valence electrons. The lowest BCUT2D eigenvalue weighted by molar-refractivity contribution is -0.134. The number of hydrogen-bond donors (Lipinski definition) is 0. The second-order valence-electron chi connectivity index (χ2n) is 4.95. The van der Waals surface area contributed by atoms with Crippen LogP contribution in [-0.4, -0.2) is 23.4 Å². The average Bonchev–Trinajstić information content (AvgIpc) is 2.18. The van der Waals surface area contributed by atoms with E-state index in [-0.39, 0.29) is 5.91 Å². The van der Waals surface area contributed by atoms with Crippen molar-refractivity contribution in [1.29, 1.82) is 0 Å². The molecule has 0 saturated carbocycles. The van der Waals surface area contributed by atoms with Crippen LogP contribution in [0.25, 0.3) is 0 Å². The number of rotatable bonds is 1. The Morgan fingerprint density at radius 2 is 2.14 bits per heavy atom. The van der Waals surface area contributed by atoms with Crippen LogP contribution in [-0.2, 0) is 4.79 Å². The lowest BCUT2D eigenvalue weighted by Crippen LogP contribution is -2.53. The molecule has 2 bridgehead atoms. The van der Waals surface area contributed by atoms with Crippen molar-refractivity contribution in [3.63, 3.8) is 0 Å². The van der Waals surface area contributed by atoms with E-state index in [1.54, 1.807) is 6.92 Å². The maximum Gasteiger partial charge on any atom is 0.219 e. The fourth-order valence-electron chi connectivity index (χ4n) is 2.83. The summed E-state index contributed by atoms with van der Waals surface area (Å²) in [5, 5.41) is 0. The summed E-state index contributed by atoms with van der Waals surface area (Å²) < 4.78 is 0. The lowest BCUT2D eigenvalue weighted by atomic mass is 9.72. The maximum atomic E-state index is 11.4. The minimum atomic E-state index is 0.231. The van der Waals surface area contributed by atoms with Crippen LogP contribution in [0.3, 0.4) is 0 Å². The van der Waals surface area contributed by atoms with Gasteiger partial charge in [0.2, 0.25) is 5.91 Å². The van der Waals surface area contributed by atoms with Crippen LogP contribution in [0.4, 0.5) is 0 Å². The summed E-state index contributed by atoms with van der Waals surface area (Å²) >= 11 is 0. The third-order valence-electron chi connectivity index (χ3n) is 3.65. The van der Waals surface area contributed by atoms with Gasteiger partial charge >= 0.3 is 0 Å². The molecule has 3 aliphatic rings. The van der Waals surface area contributed by atoms with E-state index in [2.05, 4.69) is 26.0 Å². The molecule has 1 saturated heterocycles. The first-order valence-electron chi connectivity index (χ1n) is 5.55. The molecule has 0 N–H and O–H groups in total. The minimum Gasteiger partial charge on any atom is -0.336 e. The topological polar surface area (TPSA) is 20.3 Å². The normalized spacial score (nSPS) is 35.4. The zero-order valence-electron chi connectivity index (χ0n) is 9.23. The third kappa shape index (κ3) is 1.47. The van der Waals surface area contributed by atoms with E-state index in [9.17, 15) is 4.79 Å². The summed E-state index contributed by atoms with van der Waals surface area (Å²) in [7, 11) is 0. The molecule has 3 rings (SSSR count). The Morgan fingerprint density at radius 3 is 2.64 bits per heavy atom. The van der Waals surface area contributed by atoms with E-state index in [1.807, 2.05) is 4.90 Å². The molecule has 2 nitrogen and oxygen atoms in total. The van der Waals surface area contributed by atoms with Gasteiger partial charge in [0, 0.05) is 13.5 Å². The van der Waals surface area contributed by atoms with Crippen LogP contribution < -0.4 is 0 Å². The van der Waals surface area contributed by atoms with Crippen LogP contribution >= 0.6 is 0 Å². The number of fused-ring (bicyclic) bond motifs is 2. The zero-order chi connectivity index (χ0) is 10.3. The summed E-state index contributed by atoms with van der Waals surface area (Å²) in [5.41, 5.74) is 0. The SMILES string of the molecule is CC(=O)N1CC2C=CC1C(C(C)C)C2. The van der Waals surface area contributed by atoms with Gasteiger partial charge in [-0.3, -0.25) is 4.79 Å². The highest BCUT2D eigenvalue weighted by Crippen LogP contribution is 2.38. The lowest BCUT2D eigenvalue weighted by Gasteiger charge is -2.47. The first kappa shape index (κ1) is 9.75. The molecule has 2 heteroatoms. The van der Waals surface area contributed by atoms with Gasteiger partial charge in [0.15, 0.2) is 0 Å². The second-order valence-corrected chi connectivity index (χ2v) is 4.95. The molecule has 1 amide bonds. The van der Waals surface area contributed by atoms with Gasteiger partial charge in [-0.25, -0.2) is 0 Å². The van der Waals surface area contributed by atoms with Crippen molar-refractivity contribution < 1.29 is 4.79 Å². The van der Waals surface area contributed by atoms with Gasteiger partial charge in [0.25, 0.3) is 0 Å². The number of carbonyl (C=O) groups is 1. The van der Waals surface area contributed by atoms with Crippen molar-refractivity contribution >= 4 is 5.91 Å². The Labute approximate surface area is 86.0 Å². The molecule has 1 fully saturated rings. The summed E-state index contributed by atoms with van der Waals surface area (Å²) in [4.78, 5) is 13.5. The summed E-state index contributed by atoms with van der Waals surface area (Å²) in [6.07, 6.45) is 5.80. The molecule has 3 atom stereocenters. The third-order valence-corrected chi connectivity index (χ3v) is 3.65. The van der Waals surface area contributed by atoms with Crippen LogP contribution in [0.5, 0.6) is 0 Å². The van der Waals surface area contributed by atoms with E-state index in [4.69, 9.17) is 0 Å². The van der Waals surface area contributed by atoms with Gasteiger partial charge < -0.3 is 4.90 Å². The zero-order valence-corrected chi connectivity index (χ0v) is 9.23. The Hall–Kier alpha value is -0.790. The smallest absolute Gasteiger partial charge is 0.219 e. The molecule has 0 aromatic heterocycles. The van der Waals surface area contributed by atoms with Gasteiger partial charge in [-0.1, -0.05) is 26.0 Å². The van der Waals surface area contributed by atoms with Gasteiger partial charge in [-0.15, -0.1) is 0 Å². The van der Waals surface area contributed by atoms with Crippen molar-refractivity contribution in [2.75, 3.05) is 6.54 Å². The van der Waals surface area contributed by atoms with Gasteiger partial charge in [-0.2, -0.15) is 0 Å². The highest BCUT2D eigenvalue weighted by Gasteiger charge is 2.39. The molecular weight excluding hydrogens is 174 g/mol. The number of piperidine rings is 1. The Morgan fingerprint density at radius 1 is 1.43 bits per heavy atom. The molecule has 2 heterocycles. The predicted molar refractivity (Wildman–Crippen MR) is 56.8 cm³/mol. The molecule has 14 heavy (non-hydrogen) atoms. The number of amides is 1. The predicted octanol–water partition coefficient (Wildman–Crippen LogP) is 2.07. The van der Waals surface area contributed by atoms with Crippen LogP contribution in [0.15, 0.2) is 12.2 Å². The maximum absolute atomic E-state index is 11.4. The molecule has 0 radical (unpaired) electrons. The van der Waals surface area contributed by atoms with Crippen LogP contribution in [0, 0.1) is 17.8 Å². The van der Waals surface area contributed by atoms with Gasteiger partial charge in [0.05, 0.1) is 6.04 Å². The standard InChI is InChI=1S/C12H19NO/c1-8(2)11-6-10-4-5-12(11)13(7-10)9(3)14/h4-5,8,10-12H,6-7H2,1-3H3. The monoisotopic (exact) mass is 193 g/mol. The van der Waals surface area contributed by atoms with Crippen molar-refractivity contribution in [2.45, 2.75) is 33.2 Å². The quantitative estimate of drug-likeness (QED) is 0.584. The van der Waals surface area contributed by atoms with Crippen molar-refractivity contribution in [3.05, 3.63) is 12.2 Å². The molecule has 0 spiro atoms. The fourth-order valence-corrected chi connectivity index (χ4v) is 2.83. The van der Waals surface area contributed by atoms with E-state index in [1.165, 1.54) is 6.42 Å². The first-order valence-corrected chi connectivity index (χ1v) is 5.55. The Kier molecular flexibility index (Phi) is 2.38. The first-order chi connectivity index (χ1) is 6.59. The Bertz CT molecular complexity index is 269. The summed E-state index contributed by atoms with van der Waals surface area (Å²) in [6, 6.07) is 0.373. The van der Waals surface area contributed by atoms with Gasteiger partial charge in [-0.05, 0) is 24.2 Å². The highest BCUT2D eigenvalue weighted by atomic mass is 16.2. The van der Waals surface area contributed by atoms with E-state index in [0.29, 0.717) is 23.8 Å². The minimum absolute atomic E-state index is 0.231. The number of carbonyl (C=O) groups excluding carboxylic acids is 1. The molecule has 2 aliphatic heterocycles. The highest BCUT2D eigenvalue weighted by molar-refractivity contribution is 5.74. The van der Waals surface area contributed by atoms with Gasteiger partial charge in [0.1, 0.15) is 0 Å². The van der Waals surface area contributed by atoms with E-state index >= 15 is 0 Å². The van der Waals surface area contributed by atoms with E-state index < -0.39 is 0 Å². The Balaban J connectivity index is 2.21. The largest absolute Gasteiger partial charge is 0.336 e. The molecule has 0 aromatic rings. The van der Waals surface area contributed by atoms with Crippen LogP contribution in [0.1, 0.15) is 27.2 Å². The van der Waals surface area contributed by atoms with Crippen molar-refractivity contribution in [3.8, 4) is 0 Å². The number of nitrogens with zero attached hydrogens (tertiary/aromatic N) is 1. The average molecular weight is 193 g/mol. The molecule has 3 unspecified atom stereocenters. The van der Waals surface area contributed by atoms with Crippen LogP contribution in [0.2, 0.25) is 0 Å². The molecular formula is C12H19NO. The number of hydrogen-bond acceptors (Lipinski definition) is 1. The van der Waals surface area contributed by atoms with E-state index in [0.717, 1.165) is 6.54 Å². The fraction of sp³-hybridized carbons (Fsp3) is 0.750.